The van der Waals surface area contributed by atoms with Gasteiger partial charge in [0.15, 0.2) is 5.58 Å². The first kappa shape index (κ1) is 23.2. The van der Waals surface area contributed by atoms with Gasteiger partial charge in [0.1, 0.15) is 11.3 Å². The van der Waals surface area contributed by atoms with Crippen molar-refractivity contribution < 1.29 is 23.1 Å². The molecule has 4 rings (SSSR count). The number of ether oxygens (including phenoxy) is 2. The van der Waals surface area contributed by atoms with Crippen molar-refractivity contribution >= 4 is 29.2 Å². The number of benzene rings is 2. The van der Waals surface area contributed by atoms with Crippen LogP contribution < -0.4 is 4.74 Å². The number of esters is 1. The Morgan fingerprint density at radius 3 is 2.47 bits per heavy atom. The number of methoxy groups -OCH3 is 1. The minimum atomic E-state index is -0.503. The molecule has 2 heterocycles. The summed E-state index contributed by atoms with van der Waals surface area (Å²) in [5, 5.41) is 0. The fraction of sp³-hybridized carbons (Fsp3) is 0.222. The standard InChI is InChI=1S/C27H25FN2O4/c1-5-33-27(31)24-23(17-10-12-18(28)13-11-17)19(26(32-4)30-25(24)16(2)3)14-15-22-29-20-8-6-7-9-21(20)34-22/h6-16H,5H2,1-4H3/b15-14+. The smallest absolute Gasteiger partial charge is 0.340 e. The van der Waals surface area contributed by atoms with Gasteiger partial charge >= 0.3 is 5.97 Å². The summed E-state index contributed by atoms with van der Waals surface area (Å²) in [6.07, 6.45) is 3.43. The predicted octanol–water partition coefficient (Wildman–Crippen LogP) is 6.51. The number of hydrogen-bond acceptors (Lipinski definition) is 6. The molecule has 0 radical (unpaired) electrons. The molecule has 7 heteroatoms. The van der Waals surface area contributed by atoms with Crippen LogP contribution in [0.5, 0.6) is 5.88 Å². The van der Waals surface area contributed by atoms with E-state index in [9.17, 15) is 9.18 Å². The highest BCUT2D eigenvalue weighted by atomic mass is 19.1. The number of fused-ring (bicyclic) bond motifs is 1. The molecular weight excluding hydrogens is 435 g/mol. The lowest BCUT2D eigenvalue weighted by molar-refractivity contribution is 0.0524. The number of carbonyl (C=O) groups is 1. The molecule has 0 aliphatic carbocycles. The Morgan fingerprint density at radius 2 is 1.82 bits per heavy atom. The Morgan fingerprint density at radius 1 is 1.09 bits per heavy atom. The average Bonchev–Trinajstić information content (AvgIpc) is 3.25. The first-order valence-electron chi connectivity index (χ1n) is 11.0. The fourth-order valence-corrected chi connectivity index (χ4v) is 3.77. The van der Waals surface area contributed by atoms with Crippen LogP contribution in [-0.2, 0) is 4.74 Å². The summed E-state index contributed by atoms with van der Waals surface area (Å²) in [6.45, 7) is 5.83. The number of halogens is 1. The number of oxazole rings is 1. The molecule has 2 aromatic heterocycles. The summed E-state index contributed by atoms with van der Waals surface area (Å²) >= 11 is 0. The minimum Gasteiger partial charge on any atom is -0.481 e. The van der Waals surface area contributed by atoms with E-state index >= 15 is 0 Å². The molecule has 0 saturated heterocycles. The second-order valence-corrected chi connectivity index (χ2v) is 7.91. The van der Waals surface area contributed by atoms with E-state index in [1.807, 2.05) is 38.1 Å². The number of aromatic nitrogens is 2. The van der Waals surface area contributed by atoms with Gasteiger partial charge < -0.3 is 13.9 Å². The van der Waals surface area contributed by atoms with Crippen LogP contribution in [0.3, 0.4) is 0 Å². The quantitative estimate of drug-likeness (QED) is 0.293. The summed E-state index contributed by atoms with van der Waals surface area (Å²) in [6, 6.07) is 13.4. The molecule has 0 fully saturated rings. The van der Waals surface area contributed by atoms with Gasteiger partial charge in [0.25, 0.3) is 0 Å². The summed E-state index contributed by atoms with van der Waals surface area (Å²) in [5.74, 6) is -0.266. The molecule has 0 N–H and O–H groups in total. The van der Waals surface area contributed by atoms with Crippen molar-refractivity contribution in [3.8, 4) is 17.0 Å². The van der Waals surface area contributed by atoms with Gasteiger partial charge in [-0.2, -0.15) is 0 Å². The summed E-state index contributed by atoms with van der Waals surface area (Å²) < 4.78 is 30.6. The molecule has 0 unspecified atom stereocenters. The number of rotatable bonds is 7. The second-order valence-electron chi connectivity index (χ2n) is 7.91. The molecule has 4 aromatic rings. The molecule has 2 aromatic carbocycles. The Kier molecular flexibility index (Phi) is 6.72. The van der Waals surface area contributed by atoms with Crippen molar-refractivity contribution in [1.82, 2.24) is 9.97 Å². The zero-order valence-corrected chi connectivity index (χ0v) is 19.5. The molecule has 6 nitrogen and oxygen atoms in total. The molecule has 0 amide bonds. The van der Waals surface area contributed by atoms with Gasteiger partial charge in [-0.3, -0.25) is 0 Å². The van der Waals surface area contributed by atoms with Gasteiger partial charge in [-0.15, -0.1) is 0 Å². The van der Waals surface area contributed by atoms with Crippen molar-refractivity contribution in [2.45, 2.75) is 26.7 Å². The zero-order chi connectivity index (χ0) is 24.2. The third-order valence-electron chi connectivity index (χ3n) is 5.28. The van der Waals surface area contributed by atoms with Crippen LogP contribution in [0.4, 0.5) is 4.39 Å². The van der Waals surface area contributed by atoms with Gasteiger partial charge in [0, 0.05) is 17.2 Å². The maximum absolute atomic E-state index is 13.7. The molecule has 0 aliphatic rings. The Hall–Kier alpha value is -4.00. The van der Waals surface area contributed by atoms with E-state index in [0.29, 0.717) is 45.3 Å². The van der Waals surface area contributed by atoms with Gasteiger partial charge in [-0.1, -0.05) is 38.1 Å². The second kappa shape index (κ2) is 9.87. The van der Waals surface area contributed by atoms with E-state index in [1.54, 1.807) is 31.2 Å². The number of para-hydroxylation sites is 2. The Labute approximate surface area is 197 Å². The number of hydrogen-bond donors (Lipinski definition) is 0. The summed E-state index contributed by atoms with van der Waals surface area (Å²) in [4.78, 5) is 22.3. The zero-order valence-electron chi connectivity index (χ0n) is 19.5. The van der Waals surface area contributed by atoms with E-state index < -0.39 is 5.97 Å². The van der Waals surface area contributed by atoms with Gasteiger partial charge in [0.05, 0.1) is 25.0 Å². The van der Waals surface area contributed by atoms with E-state index in [2.05, 4.69) is 9.97 Å². The highest BCUT2D eigenvalue weighted by molar-refractivity contribution is 6.02. The number of nitrogens with zero attached hydrogens (tertiary/aromatic N) is 2. The van der Waals surface area contributed by atoms with Crippen LogP contribution in [0.1, 0.15) is 54.2 Å². The summed E-state index contributed by atoms with van der Waals surface area (Å²) in [7, 11) is 1.52. The molecule has 34 heavy (non-hydrogen) atoms. The first-order chi connectivity index (χ1) is 16.4. The maximum Gasteiger partial charge on any atom is 0.340 e. The average molecular weight is 461 g/mol. The molecule has 174 valence electrons. The number of pyridine rings is 1. The monoisotopic (exact) mass is 460 g/mol. The van der Waals surface area contributed by atoms with Crippen molar-refractivity contribution in [2.75, 3.05) is 13.7 Å². The molecule has 0 bridgehead atoms. The minimum absolute atomic E-state index is 0.0948. The lowest BCUT2D eigenvalue weighted by Crippen LogP contribution is -2.15. The largest absolute Gasteiger partial charge is 0.481 e. The van der Waals surface area contributed by atoms with Gasteiger partial charge in [-0.05, 0) is 48.7 Å². The van der Waals surface area contributed by atoms with E-state index in [-0.39, 0.29) is 18.3 Å². The lowest BCUT2D eigenvalue weighted by Gasteiger charge is -2.20. The molecular formula is C27H25FN2O4. The van der Waals surface area contributed by atoms with Gasteiger partial charge in [0.2, 0.25) is 11.8 Å². The highest BCUT2D eigenvalue weighted by Crippen LogP contribution is 2.38. The first-order valence-corrected chi connectivity index (χ1v) is 11.0. The molecule has 0 atom stereocenters. The van der Waals surface area contributed by atoms with Crippen molar-refractivity contribution in [3.63, 3.8) is 0 Å². The van der Waals surface area contributed by atoms with E-state index in [1.165, 1.54) is 19.2 Å². The maximum atomic E-state index is 13.7. The third-order valence-corrected chi connectivity index (χ3v) is 5.28. The van der Waals surface area contributed by atoms with Crippen LogP contribution in [0.2, 0.25) is 0 Å². The number of carbonyl (C=O) groups excluding carboxylic acids is 1. The topological polar surface area (TPSA) is 74.5 Å². The SMILES string of the molecule is CCOC(=O)c1c(C(C)C)nc(OC)c(/C=C/c2nc3ccccc3o2)c1-c1ccc(F)cc1. The van der Waals surface area contributed by atoms with Crippen molar-refractivity contribution in [3.05, 3.63) is 77.1 Å². The Bertz CT molecular complexity index is 1320. The van der Waals surface area contributed by atoms with Crippen LogP contribution in [0.25, 0.3) is 34.4 Å². The van der Waals surface area contributed by atoms with Crippen LogP contribution in [0.15, 0.2) is 52.9 Å². The van der Waals surface area contributed by atoms with Crippen LogP contribution in [0, 0.1) is 5.82 Å². The molecule has 0 spiro atoms. The normalized spacial score (nSPS) is 11.5. The van der Waals surface area contributed by atoms with Crippen molar-refractivity contribution in [2.24, 2.45) is 0 Å². The van der Waals surface area contributed by atoms with E-state index in [0.717, 1.165) is 5.52 Å². The van der Waals surface area contributed by atoms with E-state index in [4.69, 9.17) is 13.9 Å². The van der Waals surface area contributed by atoms with Crippen LogP contribution >= 0.6 is 0 Å². The van der Waals surface area contributed by atoms with Crippen LogP contribution in [-0.4, -0.2) is 29.7 Å². The lowest BCUT2D eigenvalue weighted by atomic mass is 9.90. The van der Waals surface area contributed by atoms with Gasteiger partial charge in [-0.25, -0.2) is 19.2 Å². The van der Waals surface area contributed by atoms with Crippen molar-refractivity contribution in [1.29, 1.82) is 0 Å². The molecule has 0 aliphatic heterocycles. The fourth-order valence-electron chi connectivity index (χ4n) is 3.77. The third kappa shape index (κ3) is 4.55. The summed E-state index contributed by atoms with van der Waals surface area (Å²) in [5.41, 5.74) is 3.95. The Balaban J connectivity index is 1.98. The molecule has 0 saturated carbocycles. The predicted molar refractivity (Wildman–Crippen MR) is 129 cm³/mol. The highest BCUT2D eigenvalue weighted by Gasteiger charge is 2.27.